The van der Waals surface area contributed by atoms with E-state index in [0.29, 0.717) is 48.5 Å². The fourth-order valence-electron chi connectivity index (χ4n) is 7.55. The second-order valence-corrected chi connectivity index (χ2v) is 17.9. The number of amides is 3. The van der Waals surface area contributed by atoms with E-state index in [0.717, 1.165) is 40.9 Å². The molecule has 0 radical (unpaired) electrons. The fourth-order valence-corrected chi connectivity index (χ4v) is 9.85. The molecule has 3 saturated carbocycles. The van der Waals surface area contributed by atoms with E-state index in [4.69, 9.17) is 19.4 Å². The molecule has 3 amide bonds. The topological polar surface area (TPSA) is 157 Å². The number of carbonyl (C=O) groups excluding carboxylic acids is 3. The second-order valence-electron chi connectivity index (χ2n) is 15.1. The van der Waals surface area contributed by atoms with E-state index >= 15 is 0 Å². The minimum absolute atomic E-state index is 0.147. The highest BCUT2D eigenvalue weighted by Crippen LogP contribution is 2.47. The molecule has 0 spiro atoms. The summed E-state index contributed by atoms with van der Waals surface area (Å²) in [4.78, 5) is 53.5. The van der Waals surface area contributed by atoms with Gasteiger partial charge in [0.25, 0.3) is 5.91 Å². The van der Waals surface area contributed by atoms with Crippen molar-refractivity contribution < 1.29 is 32.3 Å². The molecular formula is C38H47N5O7S2. The Balaban J connectivity index is 1.21. The maximum Gasteiger partial charge on any atom is 0.259 e. The summed E-state index contributed by atoms with van der Waals surface area (Å²) in [6.45, 7) is 6.69. The van der Waals surface area contributed by atoms with Crippen LogP contribution in [0, 0.1) is 24.7 Å². The molecule has 4 aliphatic rings. The maximum atomic E-state index is 14.3. The zero-order valence-corrected chi connectivity index (χ0v) is 31.9. The number of methoxy groups -OCH3 is 1. The quantitative estimate of drug-likeness (QED) is 0.294. The van der Waals surface area contributed by atoms with Gasteiger partial charge in [-0.25, -0.2) is 18.4 Å². The van der Waals surface area contributed by atoms with Gasteiger partial charge in [-0.05, 0) is 76.3 Å². The average molecular weight is 750 g/mol. The van der Waals surface area contributed by atoms with Gasteiger partial charge in [0.05, 0.1) is 35.4 Å². The van der Waals surface area contributed by atoms with Gasteiger partial charge in [-0.15, -0.1) is 11.3 Å². The molecule has 0 saturated heterocycles. The summed E-state index contributed by atoms with van der Waals surface area (Å²) in [5.41, 5.74) is 1.79. The largest absolute Gasteiger partial charge is 0.496 e. The number of sulfonamides is 1. The van der Waals surface area contributed by atoms with Gasteiger partial charge in [-0.1, -0.05) is 26.0 Å². The van der Waals surface area contributed by atoms with Crippen LogP contribution in [0.4, 0.5) is 0 Å². The maximum absolute atomic E-state index is 14.3. The van der Waals surface area contributed by atoms with Crippen molar-refractivity contribution in [1.29, 1.82) is 0 Å². The van der Waals surface area contributed by atoms with Crippen LogP contribution in [-0.2, 0) is 24.4 Å². The number of nitrogens with one attached hydrogen (secondary N) is 2. The molecule has 52 heavy (non-hydrogen) atoms. The summed E-state index contributed by atoms with van der Waals surface area (Å²) in [6.07, 6.45) is 7.61. The van der Waals surface area contributed by atoms with Gasteiger partial charge in [-0.2, -0.15) is 0 Å². The number of nitrogens with zero attached hydrogens (tertiary/aromatic N) is 3. The monoisotopic (exact) mass is 749 g/mol. The van der Waals surface area contributed by atoms with Gasteiger partial charge in [0.15, 0.2) is 0 Å². The Hall–Kier alpha value is -4.04. The minimum atomic E-state index is -3.83. The number of carbonyl (C=O) groups is 3. The van der Waals surface area contributed by atoms with E-state index in [-0.39, 0.29) is 30.6 Å². The first-order chi connectivity index (χ1) is 24.8. The Morgan fingerprint density at radius 1 is 1.12 bits per heavy atom. The second kappa shape index (κ2) is 14.1. The van der Waals surface area contributed by atoms with Crippen molar-refractivity contribution in [2.75, 3.05) is 20.7 Å². The summed E-state index contributed by atoms with van der Waals surface area (Å²) in [5, 5.41) is 5.95. The van der Waals surface area contributed by atoms with Gasteiger partial charge >= 0.3 is 0 Å². The first-order valence-corrected chi connectivity index (χ1v) is 20.6. The molecule has 2 N–H and O–H groups in total. The van der Waals surface area contributed by atoms with Crippen molar-refractivity contribution in [3.05, 3.63) is 47.0 Å². The van der Waals surface area contributed by atoms with Crippen LogP contribution in [0.25, 0.3) is 21.6 Å². The lowest BCUT2D eigenvalue weighted by Gasteiger charge is -2.26. The molecule has 0 bridgehead atoms. The van der Waals surface area contributed by atoms with Gasteiger partial charge in [-0.3, -0.25) is 19.1 Å². The number of pyridine rings is 1. The van der Waals surface area contributed by atoms with E-state index < -0.39 is 50.6 Å². The molecule has 3 fully saturated rings. The molecule has 12 nitrogen and oxygen atoms in total. The summed E-state index contributed by atoms with van der Waals surface area (Å²) in [5.74, 6) is -1.63. The molecule has 4 unspecified atom stereocenters. The summed E-state index contributed by atoms with van der Waals surface area (Å²) < 4.78 is 40.2. The van der Waals surface area contributed by atoms with Crippen LogP contribution in [-0.4, -0.2) is 78.6 Å². The highest BCUT2D eigenvalue weighted by molar-refractivity contribution is 7.91. The highest BCUT2D eigenvalue weighted by atomic mass is 32.2. The molecule has 14 heteroatoms. The van der Waals surface area contributed by atoms with Crippen molar-refractivity contribution in [2.24, 2.45) is 17.8 Å². The molecular weight excluding hydrogens is 703 g/mol. The number of hydrogen-bond donors (Lipinski definition) is 2. The Bertz CT molecular complexity index is 2040. The van der Waals surface area contributed by atoms with Crippen LogP contribution < -0.4 is 19.5 Å². The first kappa shape index (κ1) is 36.3. The SMILES string of the molecule is COc1ccc2c(OC3CC4C(=O)N[C@]5(C(=O)NS(=O)(=O)C6CC6)CC5C=CCCCCN(C)C(=O)C4C3)cc(-c3nc(C(C)C)cs3)nc2c1C. The zero-order valence-electron chi connectivity index (χ0n) is 30.3. The Labute approximate surface area is 308 Å². The smallest absolute Gasteiger partial charge is 0.259 e. The summed E-state index contributed by atoms with van der Waals surface area (Å²) >= 11 is 1.51. The third-order valence-electron chi connectivity index (χ3n) is 11.0. The lowest BCUT2D eigenvalue weighted by Crippen LogP contribution is -2.54. The number of hydrogen-bond acceptors (Lipinski definition) is 10. The van der Waals surface area contributed by atoms with E-state index in [1.807, 2.05) is 42.7 Å². The number of aryl methyl sites for hydroxylation is 1. The van der Waals surface area contributed by atoms with E-state index in [1.54, 1.807) is 19.1 Å². The van der Waals surface area contributed by atoms with E-state index in [2.05, 4.69) is 23.9 Å². The van der Waals surface area contributed by atoms with Crippen LogP contribution in [0.3, 0.4) is 0 Å². The fraction of sp³-hybridized carbons (Fsp3) is 0.553. The number of rotatable bonds is 8. The van der Waals surface area contributed by atoms with Crippen LogP contribution in [0.15, 0.2) is 35.7 Å². The Morgan fingerprint density at radius 3 is 2.60 bits per heavy atom. The van der Waals surface area contributed by atoms with Crippen molar-refractivity contribution in [3.8, 4) is 22.2 Å². The molecule has 3 heterocycles. The lowest BCUT2D eigenvalue weighted by molar-refractivity contribution is -0.140. The Kier molecular flexibility index (Phi) is 9.83. The van der Waals surface area contributed by atoms with Gasteiger partial charge in [0.1, 0.15) is 33.8 Å². The van der Waals surface area contributed by atoms with E-state index in [1.165, 1.54) is 11.3 Å². The normalized spacial score (nSPS) is 26.8. The van der Waals surface area contributed by atoms with Crippen molar-refractivity contribution >= 4 is 50.0 Å². The van der Waals surface area contributed by atoms with Crippen LogP contribution in [0.5, 0.6) is 11.5 Å². The molecule has 2 aromatic heterocycles. The van der Waals surface area contributed by atoms with Gasteiger partial charge in [0.2, 0.25) is 21.8 Å². The standard InChI is InChI=1S/C38H47N5O7S2/c1-21(2)30-20-51-35(40-30)29-18-32(26-13-14-31(49-5)22(3)33(26)39-29)50-24-16-27-28(17-24)36(45)43(4)15-9-7-6-8-10-23-19-38(23,41-34(27)44)37(46)42-52(47,48)25-11-12-25/h8,10,13-14,18,20-21,23-25,27-28H,6-7,9,11-12,15-17,19H2,1-5H3,(H,41,44)(H,42,46)/t23?,24?,27?,28?,38-/m1/s1. The third-order valence-corrected chi connectivity index (χ3v) is 13.7. The third kappa shape index (κ3) is 7.03. The minimum Gasteiger partial charge on any atom is -0.496 e. The van der Waals surface area contributed by atoms with Crippen molar-refractivity contribution in [2.45, 2.75) is 94.9 Å². The molecule has 1 aromatic carbocycles. The number of allylic oxidation sites excluding steroid dienone is 1. The molecule has 3 aliphatic carbocycles. The zero-order chi connectivity index (χ0) is 36.9. The van der Waals surface area contributed by atoms with Crippen LogP contribution in [0.2, 0.25) is 0 Å². The molecule has 1 aliphatic heterocycles. The van der Waals surface area contributed by atoms with Crippen LogP contribution >= 0.6 is 11.3 Å². The van der Waals surface area contributed by atoms with E-state index in [9.17, 15) is 22.8 Å². The predicted molar refractivity (Wildman–Crippen MR) is 199 cm³/mol. The van der Waals surface area contributed by atoms with Crippen LogP contribution in [0.1, 0.15) is 82.4 Å². The van der Waals surface area contributed by atoms with Crippen molar-refractivity contribution in [1.82, 2.24) is 24.9 Å². The predicted octanol–water partition coefficient (Wildman–Crippen LogP) is 5.25. The number of thiazole rings is 1. The molecule has 3 aromatic rings. The molecule has 7 rings (SSSR count). The van der Waals surface area contributed by atoms with Gasteiger partial charge in [0, 0.05) is 41.9 Å². The summed E-state index contributed by atoms with van der Waals surface area (Å²) in [7, 11) is -0.445. The average Bonchev–Trinajstić information content (AvgIpc) is 3.98. The summed E-state index contributed by atoms with van der Waals surface area (Å²) in [6, 6.07) is 5.66. The number of fused-ring (bicyclic) bond motifs is 3. The van der Waals surface area contributed by atoms with Crippen molar-refractivity contribution in [3.63, 3.8) is 0 Å². The molecule has 5 atom stereocenters. The lowest BCUT2D eigenvalue weighted by atomic mass is 9.93. The Morgan fingerprint density at radius 2 is 1.88 bits per heavy atom. The molecule has 278 valence electrons. The number of ether oxygens (including phenoxy) is 2. The van der Waals surface area contributed by atoms with Gasteiger partial charge < -0.3 is 19.7 Å². The number of aromatic nitrogens is 2. The number of benzene rings is 1. The first-order valence-electron chi connectivity index (χ1n) is 18.2. The highest BCUT2D eigenvalue weighted by Gasteiger charge is 2.62.